The monoisotopic (exact) mass is 378 g/mol. The largest absolute Gasteiger partial charge is 0.306 e. The number of fused-ring (bicyclic) bond motifs is 1. The van der Waals surface area contributed by atoms with Gasteiger partial charge in [-0.1, -0.05) is 24.3 Å². The summed E-state index contributed by atoms with van der Waals surface area (Å²) in [7, 11) is 0. The average molecular weight is 379 g/mol. The summed E-state index contributed by atoms with van der Waals surface area (Å²) < 4.78 is 0. The van der Waals surface area contributed by atoms with Crippen molar-refractivity contribution < 1.29 is 4.79 Å². The molecular formula is C21H22N4OS. The Morgan fingerprint density at radius 2 is 1.96 bits per heavy atom. The highest BCUT2D eigenvalue weighted by Crippen LogP contribution is 2.40. The first-order chi connectivity index (χ1) is 13.3. The molecule has 2 N–H and O–H groups in total. The minimum Gasteiger partial charge on any atom is -0.306 e. The first-order valence-corrected chi connectivity index (χ1v) is 10.3. The Hall–Kier alpha value is -2.44. The Kier molecular flexibility index (Phi) is 4.30. The number of rotatable bonds is 4. The number of anilines is 1. The van der Waals surface area contributed by atoms with E-state index >= 15 is 0 Å². The van der Waals surface area contributed by atoms with Crippen LogP contribution in [-0.2, 0) is 12.8 Å². The lowest BCUT2D eigenvalue weighted by molar-refractivity contribution is 0.103. The maximum absolute atomic E-state index is 12.5. The molecule has 1 amide bonds. The summed E-state index contributed by atoms with van der Waals surface area (Å²) in [4.78, 5) is 17.2. The van der Waals surface area contributed by atoms with Crippen LogP contribution in [0.3, 0.4) is 0 Å². The van der Waals surface area contributed by atoms with Crippen molar-refractivity contribution in [3.8, 4) is 0 Å². The van der Waals surface area contributed by atoms with Crippen LogP contribution in [0.1, 0.15) is 44.6 Å². The van der Waals surface area contributed by atoms with Crippen LogP contribution >= 0.6 is 11.3 Å². The molecule has 1 aliphatic heterocycles. The van der Waals surface area contributed by atoms with Crippen molar-refractivity contribution in [1.82, 2.24) is 15.1 Å². The molecule has 6 heteroatoms. The van der Waals surface area contributed by atoms with Gasteiger partial charge in [0.2, 0.25) is 0 Å². The predicted molar refractivity (Wildman–Crippen MR) is 107 cm³/mol. The number of thiophene rings is 1. The van der Waals surface area contributed by atoms with Crippen molar-refractivity contribution in [3.63, 3.8) is 0 Å². The van der Waals surface area contributed by atoms with Gasteiger partial charge in [0.15, 0.2) is 0 Å². The molecule has 1 fully saturated rings. The van der Waals surface area contributed by atoms with E-state index in [1.54, 1.807) is 23.6 Å². The van der Waals surface area contributed by atoms with E-state index in [9.17, 15) is 4.79 Å². The molecule has 0 spiro atoms. The second-order valence-corrected chi connectivity index (χ2v) is 8.47. The molecule has 3 heterocycles. The van der Waals surface area contributed by atoms with Gasteiger partial charge in [-0.2, -0.15) is 5.10 Å². The van der Waals surface area contributed by atoms with Crippen molar-refractivity contribution in [1.29, 1.82) is 0 Å². The number of carbonyl (C=O) groups is 1. The van der Waals surface area contributed by atoms with Crippen LogP contribution in [0.25, 0.3) is 0 Å². The fourth-order valence-electron chi connectivity index (χ4n) is 4.47. The molecular weight excluding hydrogens is 356 g/mol. The lowest BCUT2D eigenvalue weighted by Gasteiger charge is -2.29. The number of aromatic amines is 1. The van der Waals surface area contributed by atoms with E-state index < -0.39 is 0 Å². The average Bonchev–Trinajstić information content (AvgIpc) is 3.46. The molecule has 27 heavy (non-hydrogen) atoms. The number of hydrogen-bond acceptors (Lipinski definition) is 4. The van der Waals surface area contributed by atoms with Gasteiger partial charge < -0.3 is 5.32 Å². The third-order valence-corrected chi connectivity index (χ3v) is 6.91. The molecule has 2 aliphatic rings. The van der Waals surface area contributed by atoms with E-state index in [-0.39, 0.29) is 5.91 Å². The molecule has 138 valence electrons. The zero-order valence-electron chi connectivity index (χ0n) is 15.0. The van der Waals surface area contributed by atoms with E-state index in [2.05, 4.69) is 50.7 Å². The molecule has 3 aromatic rings. The zero-order valence-corrected chi connectivity index (χ0v) is 15.8. The van der Waals surface area contributed by atoms with E-state index in [1.807, 2.05) is 6.07 Å². The summed E-state index contributed by atoms with van der Waals surface area (Å²) in [6.45, 7) is 1.15. The number of hydrogen-bond donors (Lipinski definition) is 2. The van der Waals surface area contributed by atoms with Crippen LogP contribution in [0.4, 0.5) is 5.82 Å². The summed E-state index contributed by atoms with van der Waals surface area (Å²) in [5.74, 6) is 0.550. The van der Waals surface area contributed by atoms with Crippen molar-refractivity contribution in [2.24, 2.45) is 0 Å². The van der Waals surface area contributed by atoms with Crippen LogP contribution in [0.2, 0.25) is 0 Å². The highest BCUT2D eigenvalue weighted by Gasteiger charge is 2.35. The second kappa shape index (κ2) is 6.94. The minimum atomic E-state index is -0.0756. The number of carbonyl (C=O) groups excluding carboxylic acids is 1. The van der Waals surface area contributed by atoms with Crippen LogP contribution in [0.5, 0.6) is 0 Å². The number of nitrogens with zero attached hydrogens (tertiary/aromatic N) is 2. The predicted octanol–water partition coefficient (Wildman–Crippen LogP) is 4.03. The van der Waals surface area contributed by atoms with Crippen molar-refractivity contribution in [2.75, 3.05) is 11.9 Å². The number of aromatic nitrogens is 2. The summed E-state index contributed by atoms with van der Waals surface area (Å²) >= 11 is 1.62. The van der Waals surface area contributed by atoms with Crippen molar-refractivity contribution >= 4 is 23.1 Å². The molecule has 1 atom stereocenters. The molecule has 2 aromatic heterocycles. The molecule has 1 unspecified atom stereocenters. The number of amides is 1. The van der Waals surface area contributed by atoms with Crippen molar-refractivity contribution in [3.05, 3.63) is 69.5 Å². The highest BCUT2D eigenvalue weighted by atomic mass is 32.1. The molecule has 5 nitrogen and oxygen atoms in total. The second-order valence-electron chi connectivity index (χ2n) is 7.35. The van der Waals surface area contributed by atoms with Crippen LogP contribution in [0, 0.1) is 0 Å². The fraction of sp³-hybridized carbons (Fsp3) is 0.333. The van der Waals surface area contributed by atoms with E-state index in [0.717, 1.165) is 24.3 Å². The third-order valence-electron chi connectivity index (χ3n) is 5.72. The molecule has 1 aromatic carbocycles. The first-order valence-electron chi connectivity index (χ1n) is 9.51. The molecule has 5 rings (SSSR count). The standard InChI is InChI=1S/C21H22N4OS/c26-21(23-20-9-10-22-24-20)19-8-7-18(27-19)17-6-3-11-25(17)16-12-14-4-1-2-5-15(14)13-16/h1-2,4-5,7-10,16-17H,3,6,11-13H2,(H2,22,23,24,26). The number of benzene rings is 1. The first kappa shape index (κ1) is 16.7. The lowest BCUT2D eigenvalue weighted by Crippen LogP contribution is -2.35. The molecule has 0 bridgehead atoms. The fourth-order valence-corrected chi connectivity index (χ4v) is 5.52. The van der Waals surface area contributed by atoms with Crippen LogP contribution in [0.15, 0.2) is 48.7 Å². The van der Waals surface area contributed by atoms with Crippen LogP contribution in [-0.4, -0.2) is 33.6 Å². The summed E-state index contributed by atoms with van der Waals surface area (Å²) in [5.41, 5.74) is 3.00. The van der Waals surface area contributed by atoms with Gasteiger partial charge in [0.25, 0.3) is 5.91 Å². The Balaban J connectivity index is 1.31. The van der Waals surface area contributed by atoms with Gasteiger partial charge in [-0.15, -0.1) is 11.3 Å². The Morgan fingerprint density at radius 3 is 2.70 bits per heavy atom. The lowest BCUT2D eigenvalue weighted by atomic mass is 10.1. The number of H-pyrrole nitrogens is 1. The van der Waals surface area contributed by atoms with Gasteiger partial charge in [-0.3, -0.25) is 14.8 Å². The van der Waals surface area contributed by atoms with Gasteiger partial charge in [0.1, 0.15) is 5.82 Å². The minimum absolute atomic E-state index is 0.0756. The Morgan fingerprint density at radius 1 is 1.15 bits per heavy atom. The van der Waals surface area contributed by atoms with Crippen molar-refractivity contribution in [2.45, 2.75) is 37.8 Å². The third kappa shape index (κ3) is 3.19. The Bertz CT molecular complexity index is 924. The molecule has 0 saturated carbocycles. The summed E-state index contributed by atoms with van der Waals surface area (Å²) in [5, 5.41) is 9.49. The highest BCUT2D eigenvalue weighted by molar-refractivity contribution is 7.14. The summed E-state index contributed by atoms with van der Waals surface area (Å²) in [6.07, 6.45) is 6.32. The van der Waals surface area contributed by atoms with E-state index in [0.29, 0.717) is 17.9 Å². The van der Waals surface area contributed by atoms with E-state index in [1.165, 1.54) is 28.8 Å². The van der Waals surface area contributed by atoms with Gasteiger partial charge >= 0.3 is 0 Å². The molecule has 1 aliphatic carbocycles. The zero-order chi connectivity index (χ0) is 18.2. The Labute approximate surface area is 162 Å². The number of likely N-dealkylation sites (tertiary alicyclic amines) is 1. The normalized spacial score (nSPS) is 20.1. The maximum Gasteiger partial charge on any atom is 0.266 e. The van der Waals surface area contributed by atoms with Gasteiger partial charge in [0, 0.05) is 23.0 Å². The van der Waals surface area contributed by atoms with E-state index in [4.69, 9.17) is 0 Å². The molecule has 0 radical (unpaired) electrons. The molecule has 1 saturated heterocycles. The topological polar surface area (TPSA) is 61.0 Å². The summed E-state index contributed by atoms with van der Waals surface area (Å²) in [6, 6.07) is 15.7. The van der Waals surface area contributed by atoms with Crippen LogP contribution < -0.4 is 5.32 Å². The quantitative estimate of drug-likeness (QED) is 0.721. The maximum atomic E-state index is 12.5. The smallest absolute Gasteiger partial charge is 0.266 e. The van der Waals surface area contributed by atoms with Gasteiger partial charge in [0.05, 0.1) is 11.1 Å². The SMILES string of the molecule is O=C(Nc1ccn[nH]1)c1ccc(C2CCCN2C2Cc3ccccc3C2)s1. The van der Waals surface area contributed by atoms with Gasteiger partial charge in [-0.05, 0) is 55.5 Å². The number of nitrogens with one attached hydrogen (secondary N) is 2. The van der Waals surface area contributed by atoms with Gasteiger partial charge in [-0.25, -0.2) is 0 Å².